The first-order chi connectivity index (χ1) is 9.31. The minimum absolute atomic E-state index is 0.00827. The lowest BCUT2D eigenvalue weighted by atomic mass is 10.1. The van der Waals surface area contributed by atoms with Crippen LogP contribution in [-0.4, -0.2) is 37.6 Å². The number of nitrogens with zero attached hydrogens (tertiary/aromatic N) is 1. The van der Waals surface area contributed by atoms with E-state index in [9.17, 15) is 18.0 Å². The van der Waals surface area contributed by atoms with Crippen LogP contribution in [0, 0.1) is 0 Å². The molecule has 0 radical (unpaired) electrons. The first-order valence-corrected chi connectivity index (χ1v) is 5.42. The number of halogens is 3. The first kappa shape index (κ1) is 16.0. The van der Waals surface area contributed by atoms with E-state index in [1.807, 2.05) is 0 Å². The Balaban J connectivity index is 2.80. The second-order valence-electron chi connectivity index (χ2n) is 3.71. The van der Waals surface area contributed by atoms with Crippen molar-refractivity contribution in [2.45, 2.75) is 12.3 Å². The van der Waals surface area contributed by atoms with E-state index in [1.165, 1.54) is 25.4 Å². The van der Waals surface area contributed by atoms with E-state index in [0.717, 1.165) is 0 Å². The van der Waals surface area contributed by atoms with Crippen LogP contribution in [0.25, 0.3) is 0 Å². The average molecular weight is 294 g/mol. The number of amides is 1. The fourth-order valence-electron chi connectivity index (χ4n) is 1.35. The second kappa shape index (κ2) is 6.94. The van der Waals surface area contributed by atoms with Gasteiger partial charge in [0.15, 0.2) is 12.7 Å². The van der Waals surface area contributed by atoms with E-state index in [2.05, 4.69) is 9.72 Å². The number of hydrogen-bond donors (Lipinski definition) is 1. The maximum Gasteiger partial charge on any atom is 0.422 e. The molecular formula is C11H13F3N2O4. The maximum absolute atomic E-state index is 12.0. The van der Waals surface area contributed by atoms with E-state index in [1.54, 1.807) is 0 Å². The summed E-state index contributed by atoms with van der Waals surface area (Å²) in [5, 5.41) is 0. The molecule has 1 heterocycles. The lowest BCUT2D eigenvalue weighted by Gasteiger charge is -2.16. The molecule has 0 fully saturated rings. The Morgan fingerprint density at radius 1 is 1.50 bits per heavy atom. The van der Waals surface area contributed by atoms with Crippen molar-refractivity contribution in [3.8, 4) is 5.88 Å². The molecule has 9 heteroatoms. The fourth-order valence-corrected chi connectivity index (χ4v) is 1.35. The van der Waals surface area contributed by atoms with Gasteiger partial charge in [-0.3, -0.25) is 0 Å². The standard InChI is InChI=1S/C11H13F3N2O4/c1-18-5-8(20-10(15)17)7-2-3-16-9(4-7)19-6-11(12,13)14/h2-4,8H,5-6H2,1H3,(H2,15,17). The van der Waals surface area contributed by atoms with Crippen molar-refractivity contribution in [3.05, 3.63) is 23.9 Å². The topological polar surface area (TPSA) is 83.7 Å². The fraction of sp³-hybridized carbons (Fsp3) is 0.455. The molecule has 0 aliphatic heterocycles. The molecule has 0 aliphatic rings. The summed E-state index contributed by atoms with van der Waals surface area (Å²) >= 11 is 0. The normalized spacial score (nSPS) is 12.8. The van der Waals surface area contributed by atoms with Gasteiger partial charge in [-0.05, 0) is 6.07 Å². The minimum Gasteiger partial charge on any atom is -0.468 e. The molecule has 112 valence electrons. The smallest absolute Gasteiger partial charge is 0.422 e. The van der Waals surface area contributed by atoms with Crippen molar-refractivity contribution in [1.29, 1.82) is 0 Å². The third-order valence-corrected chi connectivity index (χ3v) is 2.09. The van der Waals surface area contributed by atoms with E-state index >= 15 is 0 Å². The molecule has 1 rings (SSSR count). The van der Waals surface area contributed by atoms with Crippen molar-refractivity contribution >= 4 is 6.09 Å². The molecule has 20 heavy (non-hydrogen) atoms. The summed E-state index contributed by atoms with van der Waals surface area (Å²) in [5.41, 5.74) is 5.26. The van der Waals surface area contributed by atoms with Crippen molar-refractivity contribution in [1.82, 2.24) is 4.98 Å². The van der Waals surface area contributed by atoms with Crippen LogP contribution in [0.4, 0.5) is 18.0 Å². The van der Waals surface area contributed by atoms with Gasteiger partial charge in [-0.25, -0.2) is 9.78 Å². The van der Waals surface area contributed by atoms with Gasteiger partial charge in [-0.1, -0.05) is 0 Å². The SMILES string of the molecule is COCC(OC(N)=O)c1ccnc(OCC(F)(F)F)c1. The Labute approximate surface area is 112 Å². The van der Waals surface area contributed by atoms with Crippen LogP contribution in [0.3, 0.4) is 0 Å². The molecule has 6 nitrogen and oxygen atoms in total. The highest BCUT2D eigenvalue weighted by Crippen LogP contribution is 2.22. The highest BCUT2D eigenvalue weighted by Gasteiger charge is 2.28. The summed E-state index contributed by atoms with van der Waals surface area (Å²) in [6.07, 6.45) is -5.11. The van der Waals surface area contributed by atoms with Crippen LogP contribution in [0.1, 0.15) is 11.7 Å². The van der Waals surface area contributed by atoms with Gasteiger partial charge in [-0.2, -0.15) is 13.2 Å². The van der Waals surface area contributed by atoms with Gasteiger partial charge in [0.25, 0.3) is 0 Å². The number of pyridine rings is 1. The maximum atomic E-state index is 12.0. The zero-order valence-electron chi connectivity index (χ0n) is 10.5. The molecule has 0 saturated heterocycles. The van der Waals surface area contributed by atoms with E-state index in [4.69, 9.17) is 15.2 Å². The van der Waals surface area contributed by atoms with Gasteiger partial charge < -0.3 is 19.9 Å². The molecule has 1 unspecified atom stereocenters. The molecular weight excluding hydrogens is 281 g/mol. The number of aromatic nitrogens is 1. The number of nitrogens with two attached hydrogens (primary N) is 1. The number of ether oxygens (including phenoxy) is 3. The molecule has 0 aromatic carbocycles. The molecule has 0 saturated carbocycles. The number of hydrogen-bond acceptors (Lipinski definition) is 5. The number of carbonyl (C=O) groups is 1. The van der Waals surface area contributed by atoms with Crippen LogP contribution in [0.5, 0.6) is 5.88 Å². The van der Waals surface area contributed by atoms with E-state index in [-0.39, 0.29) is 12.5 Å². The number of carbonyl (C=O) groups excluding carboxylic acids is 1. The van der Waals surface area contributed by atoms with Gasteiger partial charge in [-0.15, -0.1) is 0 Å². The quantitative estimate of drug-likeness (QED) is 0.865. The summed E-state index contributed by atoms with van der Waals surface area (Å²) in [6, 6.07) is 2.67. The Kier molecular flexibility index (Phi) is 5.56. The molecule has 1 aromatic rings. The van der Waals surface area contributed by atoms with Gasteiger partial charge in [0, 0.05) is 24.9 Å². The van der Waals surface area contributed by atoms with E-state index in [0.29, 0.717) is 5.56 Å². The Morgan fingerprint density at radius 2 is 2.20 bits per heavy atom. The average Bonchev–Trinajstić information content (AvgIpc) is 2.35. The van der Waals surface area contributed by atoms with Crippen molar-refractivity contribution in [3.63, 3.8) is 0 Å². The molecule has 0 bridgehead atoms. The van der Waals surface area contributed by atoms with Crippen LogP contribution in [-0.2, 0) is 9.47 Å². The van der Waals surface area contributed by atoms with Gasteiger partial charge >= 0.3 is 12.3 Å². The van der Waals surface area contributed by atoms with Gasteiger partial charge in [0.05, 0.1) is 6.61 Å². The zero-order valence-corrected chi connectivity index (χ0v) is 10.5. The van der Waals surface area contributed by atoms with Gasteiger partial charge in [0.2, 0.25) is 5.88 Å². The Bertz CT molecular complexity index is 454. The molecule has 1 atom stereocenters. The lowest BCUT2D eigenvalue weighted by Crippen LogP contribution is -2.21. The highest BCUT2D eigenvalue weighted by atomic mass is 19.4. The van der Waals surface area contributed by atoms with Crippen molar-refractivity contribution in [2.75, 3.05) is 20.3 Å². The predicted octanol–water partition coefficient (Wildman–Crippen LogP) is 1.81. The number of rotatable bonds is 6. The number of alkyl halides is 3. The van der Waals surface area contributed by atoms with Crippen LogP contribution >= 0.6 is 0 Å². The van der Waals surface area contributed by atoms with Crippen LogP contribution in [0.2, 0.25) is 0 Å². The molecule has 0 aliphatic carbocycles. The molecule has 0 spiro atoms. The first-order valence-electron chi connectivity index (χ1n) is 5.42. The minimum atomic E-state index is -4.46. The van der Waals surface area contributed by atoms with Gasteiger partial charge in [0.1, 0.15) is 0 Å². The van der Waals surface area contributed by atoms with Crippen molar-refractivity contribution < 1.29 is 32.2 Å². The zero-order chi connectivity index (χ0) is 15.2. The summed E-state index contributed by atoms with van der Waals surface area (Å²) in [6.45, 7) is -1.47. The highest BCUT2D eigenvalue weighted by molar-refractivity contribution is 5.65. The van der Waals surface area contributed by atoms with E-state index < -0.39 is 25.0 Å². The molecule has 1 amide bonds. The largest absolute Gasteiger partial charge is 0.468 e. The summed E-state index contributed by atoms with van der Waals surface area (Å²) < 4.78 is 50.2. The monoisotopic (exact) mass is 294 g/mol. The second-order valence-corrected chi connectivity index (χ2v) is 3.71. The summed E-state index contributed by atoms with van der Waals surface area (Å²) in [5.74, 6) is -0.242. The molecule has 1 aromatic heterocycles. The third-order valence-electron chi connectivity index (χ3n) is 2.09. The molecule has 2 N–H and O–H groups in total. The summed E-state index contributed by atoms with van der Waals surface area (Å²) in [4.78, 5) is 14.4. The number of primary amides is 1. The lowest BCUT2D eigenvalue weighted by molar-refractivity contribution is -0.154. The third kappa shape index (κ3) is 5.74. The van der Waals surface area contributed by atoms with Crippen LogP contribution in [0.15, 0.2) is 18.3 Å². The van der Waals surface area contributed by atoms with Crippen LogP contribution < -0.4 is 10.5 Å². The summed E-state index contributed by atoms with van der Waals surface area (Å²) in [7, 11) is 1.37. The van der Waals surface area contributed by atoms with Crippen molar-refractivity contribution in [2.24, 2.45) is 5.73 Å². The number of methoxy groups -OCH3 is 1. The Hall–Kier alpha value is -2.03. The Morgan fingerprint density at radius 3 is 2.75 bits per heavy atom. The predicted molar refractivity (Wildman–Crippen MR) is 61.1 cm³/mol.